The maximum atomic E-state index is 14.4. The highest BCUT2D eigenvalue weighted by Gasteiger charge is 2.23. The molecule has 19 heavy (non-hydrogen) atoms. The van der Waals surface area contributed by atoms with Gasteiger partial charge in [0.05, 0.1) is 12.6 Å². The molecule has 1 aromatic carbocycles. The number of methoxy groups -OCH3 is 1. The molecular formula is C15H21FN2O. The number of rotatable bonds is 4. The van der Waals surface area contributed by atoms with Crippen LogP contribution in [0.5, 0.6) is 5.75 Å². The van der Waals surface area contributed by atoms with E-state index in [4.69, 9.17) is 4.74 Å². The van der Waals surface area contributed by atoms with Gasteiger partial charge in [-0.2, -0.15) is 0 Å². The Labute approximate surface area is 113 Å². The Balaban J connectivity index is 2.50. The SMILES string of the molecule is COc1ccc2ccn(CC(C)(C)N(C)C)c2c1F. The third-order valence-corrected chi connectivity index (χ3v) is 3.82. The highest BCUT2D eigenvalue weighted by Crippen LogP contribution is 2.28. The van der Waals surface area contributed by atoms with E-state index in [1.165, 1.54) is 7.11 Å². The van der Waals surface area contributed by atoms with Crippen LogP contribution in [0.1, 0.15) is 13.8 Å². The zero-order valence-electron chi connectivity index (χ0n) is 12.2. The van der Waals surface area contributed by atoms with Crippen LogP contribution in [0.2, 0.25) is 0 Å². The molecule has 0 atom stereocenters. The lowest BCUT2D eigenvalue weighted by atomic mass is 10.0. The molecule has 0 spiro atoms. The van der Waals surface area contributed by atoms with E-state index in [0.717, 1.165) is 5.39 Å². The molecule has 0 N–H and O–H groups in total. The zero-order chi connectivity index (χ0) is 14.2. The number of benzene rings is 1. The second-order valence-electron chi connectivity index (χ2n) is 5.67. The Morgan fingerprint density at radius 2 is 1.95 bits per heavy atom. The van der Waals surface area contributed by atoms with Gasteiger partial charge in [0.1, 0.15) is 0 Å². The van der Waals surface area contributed by atoms with Crippen molar-refractivity contribution in [3.8, 4) is 5.75 Å². The summed E-state index contributed by atoms with van der Waals surface area (Å²) >= 11 is 0. The Kier molecular flexibility index (Phi) is 3.54. The van der Waals surface area contributed by atoms with Crippen LogP contribution in [0.15, 0.2) is 24.4 Å². The van der Waals surface area contributed by atoms with Gasteiger partial charge in [0.15, 0.2) is 11.6 Å². The maximum Gasteiger partial charge on any atom is 0.189 e. The maximum absolute atomic E-state index is 14.4. The summed E-state index contributed by atoms with van der Waals surface area (Å²) in [5, 5.41) is 0.896. The summed E-state index contributed by atoms with van der Waals surface area (Å²) < 4.78 is 21.4. The molecule has 1 heterocycles. The van der Waals surface area contributed by atoms with Gasteiger partial charge >= 0.3 is 0 Å². The Morgan fingerprint density at radius 3 is 2.53 bits per heavy atom. The fraction of sp³-hybridized carbons (Fsp3) is 0.467. The van der Waals surface area contributed by atoms with Gasteiger partial charge in [-0.25, -0.2) is 4.39 Å². The number of aromatic nitrogens is 1. The Morgan fingerprint density at radius 1 is 1.26 bits per heavy atom. The van der Waals surface area contributed by atoms with E-state index >= 15 is 0 Å². The molecule has 3 nitrogen and oxygen atoms in total. The molecular weight excluding hydrogens is 243 g/mol. The minimum absolute atomic E-state index is 0.0541. The van der Waals surface area contributed by atoms with Crippen molar-refractivity contribution >= 4 is 10.9 Å². The van der Waals surface area contributed by atoms with Crippen LogP contribution in [-0.4, -0.2) is 36.2 Å². The van der Waals surface area contributed by atoms with Crippen molar-refractivity contribution in [1.29, 1.82) is 0 Å². The molecule has 1 aromatic heterocycles. The van der Waals surface area contributed by atoms with Crippen molar-refractivity contribution in [2.75, 3.05) is 21.2 Å². The monoisotopic (exact) mass is 264 g/mol. The van der Waals surface area contributed by atoms with Gasteiger partial charge in [-0.3, -0.25) is 0 Å². The van der Waals surface area contributed by atoms with Crippen LogP contribution < -0.4 is 4.74 Å². The summed E-state index contributed by atoms with van der Waals surface area (Å²) in [4.78, 5) is 2.14. The third kappa shape index (κ3) is 2.45. The van der Waals surface area contributed by atoms with Crippen LogP contribution in [0.25, 0.3) is 10.9 Å². The molecule has 0 saturated carbocycles. The van der Waals surface area contributed by atoms with Gasteiger partial charge in [-0.05, 0) is 46.1 Å². The van der Waals surface area contributed by atoms with Gasteiger partial charge in [-0.1, -0.05) is 0 Å². The number of hydrogen-bond acceptors (Lipinski definition) is 2. The largest absolute Gasteiger partial charge is 0.494 e. The molecule has 2 rings (SSSR count). The molecule has 2 aromatic rings. The number of likely N-dealkylation sites (N-methyl/N-ethyl adjacent to an activating group) is 1. The number of nitrogens with zero attached hydrogens (tertiary/aromatic N) is 2. The van der Waals surface area contributed by atoms with E-state index in [2.05, 4.69) is 18.7 Å². The summed E-state index contributed by atoms with van der Waals surface area (Å²) in [6, 6.07) is 5.49. The lowest BCUT2D eigenvalue weighted by molar-refractivity contribution is 0.171. The van der Waals surface area contributed by atoms with Gasteiger partial charge in [0.2, 0.25) is 0 Å². The van der Waals surface area contributed by atoms with E-state index in [9.17, 15) is 4.39 Å². The summed E-state index contributed by atoms with van der Waals surface area (Å²) in [6.07, 6.45) is 1.93. The first-order chi connectivity index (χ1) is 8.86. The number of ether oxygens (including phenoxy) is 1. The summed E-state index contributed by atoms with van der Waals surface area (Å²) in [5.41, 5.74) is 0.552. The lowest BCUT2D eigenvalue weighted by Gasteiger charge is -2.33. The predicted molar refractivity (Wildman–Crippen MR) is 76.2 cm³/mol. The van der Waals surface area contributed by atoms with Crippen molar-refractivity contribution in [3.63, 3.8) is 0 Å². The average molecular weight is 264 g/mol. The molecule has 4 heteroatoms. The van der Waals surface area contributed by atoms with Crippen molar-refractivity contribution in [2.45, 2.75) is 25.9 Å². The van der Waals surface area contributed by atoms with Crippen molar-refractivity contribution < 1.29 is 9.13 Å². The topological polar surface area (TPSA) is 17.4 Å². The zero-order valence-corrected chi connectivity index (χ0v) is 12.2. The van der Waals surface area contributed by atoms with Crippen LogP contribution in [0.4, 0.5) is 4.39 Å². The minimum atomic E-state index is -0.292. The van der Waals surface area contributed by atoms with Crippen molar-refractivity contribution in [3.05, 3.63) is 30.2 Å². The van der Waals surface area contributed by atoms with Crippen molar-refractivity contribution in [1.82, 2.24) is 9.47 Å². The average Bonchev–Trinajstić information content (AvgIpc) is 2.73. The van der Waals surface area contributed by atoms with Gasteiger partial charge < -0.3 is 14.2 Å². The molecule has 0 aliphatic heterocycles. The number of hydrogen-bond donors (Lipinski definition) is 0. The predicted octanol–water partition coefficient (Wildman–Crippen LogP) is 3.13. The Bertz CT molecular complexity index is 587. The highest BCUT2D eigenvalue weighted by molar-refractivity contribution is 5.82. The molecule has 0 unspecified atom stereocenters. The third-order valence-electron chi connectivity index (χ3n) is 3.82. The van der Waals surface area contributed by atoms with Gasteiger partial charge in [-0.15, -0.1) is 0 Å². The first-order valence-electron chi connectivity index (χ1n) is 6.35. The minimum Gasteiger partial charge on any atom is -0.494 e. The molecule has 0 aliphatic rings. The highest BCUT2D eigenvalue weighted by atomic mass is 19.1. The van der Waals surface area contributed by atoms with Crippen LogP contribution >= 0.6 is 0 Å². The van der Waals surface area contributed by atoms with E-state index in [1.54, 1.807) is 6.07 Å². The van der Waals surface area contributed by atoms with E-state index in [1.807, 2.05) is 37.0 Å². The summed E-state index contributed by atoms with van der Waals surface area (Å²) in [6.45, 7) is 4.99. The van der Waals surface area contributed by atoms with E-state index in [0.29, 0.717) is 12.1 Å². The van der Waals surface area contributed by atoms with Crippen LogP contribution in [-0.2, 0) is 6.54 Å². The van der Waals surface area contributed by atoms with E-state index < -0.39 is 0 Å². The second kappa shape index (κ2) is 4.85. The molecule has 0 fully saturated rings. The normalized spacial score (nSPS) is 12.4. The number of fused-ring (bicyclic) bond motifs is 1. The first-order valence-corrected chi connectivity index (χ1v) is 6.35. The first kappa shape index (κ1) is 13.9. The van der Waals surface area contributed by atoms with E-state index in [-0.39, 0.29) is 17.1 Å². The van der Waals surface area contributed by atoms with Crippen LogP contribution in [0, 0.1) is 5.82 Å². The number of halogens is 1. The molecule has 0 amide bonds. The quantitative estimate of drug-likeness (QED) is 0.844. The molecule has 0 saturated heterocycles. The fourth-order valence-corrected chi connectivity index (χ4v) is 2.08. The fourth-order valence-electron chi connectivity index (χ4n) is 2.08. The Hall–Kier alpha value is -1.55. The lowest BCUT2D eigenvalue weighted by Crippen LogP contribution is -2.41. The molecule has 0 radical (unpaired) electrons. The molecule has 0 aliphatic carbocycles. The molecule has 0 bridgehead atoms. The van der Waals surface area contributed by atoms with Gasteiger partial charge in [0.25, 0.3) is 0 Å². The van der Waals surface area contributed by atoms with Crippen molar-refractivity contribution in [2.24, 2.45) is 0 Å². The summed E-state index contributed by atoms with van der Waals surface area (Å²) in [5.74, 6) is -0.00494. The standard InChI is InChI=1S/C15H21FN2O/c1-15(2,17(3)4)10-18-9-8-11-6-7-12(19-5)13(16)14(11)18/h6-9H,10H2,1-5H3. The second-order valence-corrected chi connectivity index (χ2v) is 5.67. The molecule has 104 valence electrons. The smallest absolute Gasteiger partial charge is 0.189 e. The van der Waals surface area contributed by atoms with Gasteiger partial charge in [0, 0.05) is 23.7 Å². The van der Waals surface area contributed by atoms with Crippen LogP contribution in [0.3, 0.4) is 0 Å². The summed E-state index contributed by atoms with van der Waals surface area (Å²) in [7, 11) is 5.55.